The lowest BCUT2D eigenvalue weighted by atomic mass is 9.70. The molecule has 0 aromatic rings. The topological polar surface area (TPSA) is 0 Å². The van der Waals surface area contributed by atoms with Gasteiger partial charge in [-0.2, -0.15) is 0 Å². The standard InChI is InChI=1S/C14H22F2/c1-2-10-3-5-11(6-4-10)12-7-13(15)9-14(16)8-12/h2,10-14H,1,3-9H2. The van der Waals surface area contributed by atoms with Gasteiger partial charge in [-0.05, 0) is 56.3 Å². The number of alkyl halides is 2. The molecule has 2 unspecified atom stereocenters. The highest BCUT2D eigenvalue weighted by Crippen LogP contribution is 2.41. The molecule has 0 aromatic carbocycles. The molecule has 2 aliphatic rings. The van der Waals surface area contributed by atoms with Crippen LogP contribution in [0.25, 0.3) is 0 Å². The SMILES string of the molecule is C=CC1CCC(C2CC(F)CC(F)C2)CC1. The van der Waals surface area contributed by atoms with E-state index in [-0.39, 0.29) is 6.42 Å². The van der Waals surface area contributed by atoms with E-state index in [2.05, 4.69) is 6.58 Å². The Kier molecular flexibility index (Phi) is 3.99. The molecular weight excluding hydrogens is 206 g/mol. The maximum atomic E-state index is 13.3. The minimum absolute atomic E-state index is 0.137. The molecule has 2 saturated carbocycles. The van der Waals surface area contributed by atoms with E-state index in [9.17, 15) is 8.78 Å². The first-order valence-corrected chi connectivity index (χ1v) is 6.59. The Bertz CT molecular complexity index is 221. The number of allylic oxidation sites excluding steroid dienone is 1. The molecule has 0 aliphatic heterocycles. The zero-order valence-electron chi connectivity index (χ0n) is 9.88. The Morgan fingerprint density at radius 2 is 1.38 bits per heavy atom. The molecular formula is C14H22F2. The fourth-order valence-corrected chi connectivity index (χ4v) is 3.46. The van der Waals surface area contributed by atoms with Crippen molar-refractivity contribution in [2.45, 2.75) is 57.3 Å². The van der Waals surface area contributed by atoms with Crippen molar-refractivity contribution in [1.29, 1.82) is 0 Å². The Balaban J connectivity index is 1.86. The van der Waals surface area contributed by atoms with Crippen molar-refractivity contribution in [1.82, 2.24) is 0 Å². The summed E-state index contributed by atoms with van der Waals surface area (Å²) in [7, 11) is 0. The Labute approximate surface area is 97.1 Å². The predicted molar refractivity (Wildman–Crippen MR) is 62.8 cm³/mol. The van der Waals surface area contributed by atoms with E-state index in [0.717, 1.165) is 12.8 Å². The van der Waals surface area contributed by atoms with E-state index in [4.69, 9.17) is 0 Å². The highest BCUT2D eigenvalue weighted by atomic mass is 19.1. The first-order valence-electron chi connectivity index (χ1n) is 6.59. The van der Waals surface area contributed by atoms with Gasteiger partial charge < -0.3 is 0 Å². The van der Waals surface area contributed by atoms with E-state index in [1.54, 1.807) is 0 Å². The minimum atomic E-state index is -0.897. The molecule has 0 aromatic heterocycles. The second-order valence-electron chi connectivity index (χ2n) is 5.57. The largest absolute Gasteiger partial charge is 0.247 e. The molecule has 0 radical (unpaired) electrons. The van der Waals surface area contributed by atoms with Crippen molar-refractivity contribution in [3.05, 3.63) is 12.7 Å². The van der Waals surface area contributed by atoms with Gasteiger partial charge in [0, 0.05) is 6.42 Å². The van der Waals surface area contributed by atoms with E-state index in [0.29, 0.717) is 30.6 Å². The third kappa shape index (κ3) is 2.83. The lowest BCUT2D eigenvalue weighted by molar-refractivity contribution is 0.0706. The average molecular weight is 228 g/mol. The van der Waals surface area contributed by atoms with Crippen LogP contribution in [0, 0.1) is 17.8 Å². The molecule has 0 saturated heterocycles. The summed E-state index contributed by atoms with van der Waals surface area (Å²) >= 11 is 0. The highest BCUT2D eigenvalue weighted by Gasteiger charge is 2.34. The molecule has 2 fully saturated rings. The van der Waals surface area contributed by atoms with Crippen LogP contribution < -0.4 is 0 Å². The Morgan fingerprint density at radius 1 is 0.812 bits per heavy atom. The van der Waals surface area contributed by atoms with E-state index in [1.165, 1.54) is 12.8 Å². The van der Waals surface area contributed by atoms with Gasteiger partial charge in [-0.25, -0.2) is 8.78 Å². The monoisotopic (exact) mass is 228 g/mol. The fourth-order valence-electron chi connectivity index (χ4n) is 3.46. The lowest BCUT2D eigenvalue weighted by Crippen LogP contribution is -2.31. The maximum Gasteiger partial charge on any atom is 0.103 e. The van der Waals surface area contributed by atoms with Crippen LogP contribution in [0.1, 0.15) is 44.9 Å². The Morgan fingerprint density at radius 3 is 1.88 bits per heavy atom. The van der Waals surface area contributed by atoms with Crippen LogP contribution in [-0.2, 0) is 0 Å². The molecule has 2 rings (SSSR count). The van der Waals surface area contributed by atoms with Gasteiger partial charge in [0.25, 0.3) is 0 Å². The number of halogens is 2. The number of hydrogen-bond acceptors (Lipinski definition) is 0. The lowest BCUT2D eigenvalue weighted by Gasteiger charge is -2.37. The summed E-state index contributed by atoms with van der Waals surface area (Å²) in [6.07, 6.45) is 6.19. The first-order chi connectivity index (χ1) is 7.69. The first kappa shape index (κ1) is 12.1. The number of hydrogen-bond donors (Lipinski definition) is 0. The predicted octanol–water partition coefficient (Wildman–Crippen LogP) is 4.46. The van der Waals surface area contributed by atoms with Crippen LogP contribution in [0.5, 0.6) is 0 Å². The van der Waals surface area contributed by atoms with E-state index < -0.39 is 12.3 Å². The molecule has 92 valence electrons. The summed E-state index contributed by atoms with van der Waals surface area (Å²) in [4.78, 5) is 0. The molecule has 0 N–H and O–H groups in total. The average Bonchev–Trinajstić information content (AvgIpc) is 2.28. The normalized spacial score (nSPS) is 45.2. The molecule has 2 aliphatic carbocycles. The molecule has 0 nitrogen and oxygen atoms in total. The van der Waals surface area contributed by atoms with Crippen molar-refractivity contribution in [2.75, 3.05) is 0 Å². The van der Waals surface area contributed by atoms with E-state index in [1.807, 2.05) is 6.08 Å². The summed E-state index contributed by atoms with van der Waals surface area (Å²) in [5.74, 6) is 1.50. The van der Waals surface area contributed by atoms with Gasteiger partial charge in [-0.15, -0.1) is 6.58 Å². The zero-order chi connectivity index (χ0) is 11.5. The van der Waals surface area contributed by atoms with Crippen LogP contribution in [0.3, 0.4) is 0 Å². The van der Waals surface area contributed by atoms with E-state index >= 15 is 0 Å². The van der Waals surface area contributed by atoms with Crippen LogP contribution in [0.15, 0.2) is 12.7 Å². The van der Waals surface area contributed by atoms with Gasteiger partial charge in [0.05, 0.1) is 0 Å². The molecule has 0 bridgehead atoms. The molecule has 2 atom stereocenters. The third-order valence-corrected chi connectivity index (χ3v) is 4.45. The van der Waals surface area contributed by atoms with Crippen LogP contribution in [0.4, 0.5) is 8.78 Å². The van der Waals surface area contributed by atoms with Gasteiger partial charge in [0.15, 0.2) is 0 Å². The minimum Gasteiger partial charge on any atom is -0.247 e. The van der Waals surface area contributed by atoms with Crippen LogP contribution in [0.2, 0.25) is 0 Å². The quantitative estimate of drug-likeness (QED) is 0.612. The van der Waals surface area contributed by atoms with Crippen LogP contribution in [-0.4, -0.2) is 12.3 Å². The summed E-state index contributed by atoms with van der Waals surface area (Å²) in [6, 6.07) is 0. The fraction of sp³-hybridized carbons (Fsp3) is 0.857. The smallest absolute Gasteiger partial charge is 0.103 e. The second kappa shape index (κ2) is 5.29. The number of rotatable bonds is 2. The maximum absolute atomic E-state index is 13.3. The van der Waals surface area contributed by atoms with Crippen molar-refractivity contribution in [3.63, 3.8) is 0 Å². The highest BCUT2D eigenvalue weighted by molar-refractivity contribution is 4.89. The Hall–Kier alpha value is -0.400. The molecule has 16 heavy (non-hydrogen) atoms. The molecule has 0 amide bonds. The van der Waals surface area contributed by atoms with Crippen molar-refractivity contribution >= 4 is 0 Å². The summed E-state index contributed by atoms with van der Waals surface area (Å²) in [6.45, 7) is 3.83. The molecule has 0 spiro atoms. The van der Waals surface area contributed by atoms with Gasteiger partial charge >= 0.3 is 0 Å². The van der Waals surface area contributed by atoms with Crippen molar-refractivity contribution in [3.8, 4) is 0 Å². The molecule has 2 heteroatoms. The van der Waals surface area contributed by atoms with Gasteiger partial charge in [0.2, 0.25) is 0 Å². The summed E-state index contributed by atoms with van der Waals surface area (Å²) in [5, 5.41) is 0. The van der Waals surface area contributed by atoms with Gasteiger partial charge in [-0.3, -0.25) is 0 Å². The van der Waals surface area contributed by atoms with Crippen molar-refractivity contribution < 1.29 is 8.78 Å². The van der Waals surface area contributed by atoms with Crippen molar-refractivity contribution in [2.24, 2.45) is 17.8 Å². The molecule has 0 heterocycles. The van der Waals surface area contributed by atoms with Gasteiger partial charge in [0.1, 0.15) is 12.3 Å². The summed E-state index contributed by atoms with van der Waals surface area (Å²) < 4.78 is 26.7. The van der Waals surface area contributed by atoms with Crippen LogP contribution >= 0.6 is 0 Å². The third-order valence-electron chi connectivity index (χ3n) is 4.45. The summed E-state index contributed by atoms with van der Waals surface area (Å²) in [5.41, 5.74) is 0. The second-order valence-corrected chi connectivity index (χ2v) is 5.57. The zero-order valence-corrected chi connectivity index (χ0v) is 9.88. The van der Waals surface area contributed by atoms with Gasteiger partial charge in [-0.1, -0.05) is 6.08 Å².